The number of fused-ring (bicyclic) bond motifs is 12. The van der Waals surface area contributed by atoms with Crippen LogP contribution in [0.1, 0.15) is 161 Å². The summed E-state index contributed by atoms with van der Waals surface area (Å²) in [7, 11) is 0. The Morgan fingerprint density at radius 1 is 0.263 bits per heavy atom. The zero-order chi connectivity index (χ0) is 68.0. The molecule has 1 unspecified atom stereocenters. The van der Waals surface area contributed by atoms with Crippen LogP contribution in [-0.4, -0.2) is 0 Å². The van der Waals surface area contributed by atoms with Crippen LogP contribution in [0.2, 0.25) is 0 Å². The Labute approximate surface area is 635 Å². The summed E-state index contributed by atoms with van der Waals surface area (Å²) < 4.78 is 5.62. The van der Waals surface area contributed by atoms with Gasteiger partial charge in [-0.25, -0.2) is 0 Å². The molecule has 0 fully saturated rings. The molecule has 0 N–H and O–H groups in total. The van der Waals surface area contributed by atoms with Crippen LogP contribution in [0, 0.1) is 9.49 Å². The molecular formula is C94H91Br4I. The first-order chi connectivity index (χ1) is 48.6. The van der Waals surface area contributed by atoms with Crippen LogP contribution in [-0.2, 0) is 6.42 Å². The molecule has 0 spiro atoms. The standard InChI is InChI=1S/C60H72Br2.C34H19Br2I/c1-3-5-7-9-11-13-14-16-18-21-26-45(25-20-17-15-12-10-8-6-4-2)27-24-28-46-31-33-50(34-32-46)57-53-41-37-47-35-39-51(61)43-55(47)59(53)58(49-29-22-19-23-30-49)60-54(57)42-38-48-36-40-52(62)44-56(48)60;35-24-12-6-20-10-16-27-31(23-8-14-26(37)15-9-23)28-17-11-21-7-13-25(36)19-30(21)34(28)32(33(27)29(20)18-24)22-4-2-1-3-5-22/h19,22-23,29-45H,3-18,20-21,24-28H2,1-2H3;1-19H. The van der Waals surface area contributed by atoms with Gasteiger partial charge in [-0.2, -0.15) is 0 Å². The normalized spacial score (nSPS) is 12.1. The molecule has 0 nitrogen and oxygen atoms in total. The van der Waals surface area contributed by atoms with E-state index in [-0.39, 0.29) is 0 Å². The molecule has 14 rings (SSSR count). The Hall–Kier alpha value is -6.19. The molecule has 0 radical (unpaired) electrons. The highest BCUT2D eigenvalue weighted by Crippen LogP contribution is 2.51. The maximum absolute atomic E-state index is 3.85. The van der Waals surface area contributed by atoms with Crippen LogP contribution in [0.5, 0.6) is 0 Å². The Morgan fingerprint density at radius 2 is 0.545 bits per heavy atom. The van der Waals surface area contributed by atoms with Gasteiger partial charge in [-0.1, -0.05) is 382 Å². The fourth-order valence-corrected chi connectivity index (χ4v) is 17.8. The predicted molar refractivity (Wildman–Crippen MR) is 458 cm³/mol. The second kappa shape index (κ2) is 34.7. The molecule has 0 aliphatic heterocycles. The van der Waals surface area contributed by atoms with Gasteiger partial charge >= 0.3 is 0 Å². The van der Waals surface area contributed by atoms with Gasteiger partial charge < -0.3 is 0 Å². The summed E-state index contributed by atoms with van der Waals surface area (Å²) in [6, 6.07) is 85.8. The van der Waals surface area contributed by atoms with E-state index in [9.17, 15) is 0 Å². The lowest BCUT2D eigenvalue weighted by Gasteiger charge is -2.21. The van der Waals surface area contributed by atoms with E-state index in [2.05, 4.69) is 331 Å². The Kier molecular flexibility index (Phi) is 24.9. The topological polar surface area (TPSA) is 0 Å². The average molecular weight is 1670 g/mol. The lowest BCUT2D eigenvalue weighted by Crippen LogP contribution is -2.02. The van der Waals surface area contributed by atoms with Crippen LogP contribution in [0.3, 0.4) is 0 Å². The van der Waals surface area contributed by atoms with Crippen molar-refractivity contribution in [2.45, 2.75) is 162 Å². The van der Waals surface area contributed by atoms with Crippen molar-refractivity contribution in [1.29, 1.82) is 0 Å². The lowest BCUT2D eigenvalue weighted by molar-refractivity contribution is 0.371. The third kappa shape index (κ3) is 16.8. The number of benzene rings is 14. The third-order valence-corrected chi connectivity index (χ3v) is 23.7. The molecule has 14 aromatic carbocycles. The molecule has 0 saturated heterocycles. The number of halogens is 5. The summed E-state index contributed by atoms with van der Waals surface area (Å²) >= 11 is 17.6. The molecule has 502 valence electrons. The molecule has 0 aliphatic rings. The monoisotopic (exact) mass is 1660 g/mol. The highest BCUT2D eigenvalue weighted by Gasteiger charge is 2.24. The van der Waals surface area contributed by atoms with Gasteiger partial charge in [-0.3, -0.25) is 0 Å². The second-order valence-corrected chi connectivity index (χ2v) is 32.8. The molecule has 0 saturated carbocycles. The van der Waals surface area contributed by atoms with E-state index in [1.165, 1.54) is 281 Å². The maximum Gasteiger partial charge on any atom is 0.0181 e. The van der Waals surface area contributed by atoms with Gasteiger partial charge in [0.05, 0.1) is 0 Å². The average Bonchev–Trinajstić information content (AvgIpc) is 0.718. The van der Waals surface area contributed by atoms with Crippen molar-refractivity contribution < 1.29 is 0 Å². The van der Waals surface area contributed by atoms with Crippen LogP contribution in [0.4, 0.5) is 0 Å². The SMILES string of the molecule is Brc1ccc2ccc3c(-c4ccc(I)cc4)c4ccc5ccc(Br)cc5c4c(-c4ccccc4)c3c2c1.CCCCCCCCCCCCC(CCCCCCCCCC)CCCc1ccc(-c2c3ccc4ccc(Br)cc4c3c(-c3ccccc3)c3c2ccc2ccc(Br)cc23)cc1. The number of unbranched alkanes of at least 4 members (excludes halogenated alkanes) is 16. The van der Waals surface area contributed by atoms with Crippen molar-refractivity contribution >= 4 is 172 Å². The van der Waals surface area contributed by atoms with Crippen molar-refractivity contribution in [3.05, 3.63) is 258 Å². The first-order valence-corrected chi connectivity index (χ1v) is 41.2. The highest BCUT2D eigenvalue weighted by atomic mass is 127. The molecule has 0 aromatic heterocycles. The Bertz CT molecular complexity index is 4870. The summed E-state index contributed by atoms with van der Waals surface area (Å²) in [4.78, 5) is 0. The molecule has 1 atom stereocenters. The molecular weight excluding hydrogens is 1580 g/mol. The van der Waals surface area contributed by atoms with Gasteiger partial charge in [0.25, 0.3) is 0 Å². The van der Waals surface area contributed by atoms with Gasteiger partial charge in [0.2, 0.25) is 0 Å². The second-order valence-electron chi connectivity index (χ2n) is 27.8. The smallest absolute Gasteiger partial charge is 0.0181 e. The largest absolute Gasteiger partial charge is 0.0654 e. The molecule has 0 bridgehead atoms. The van der Waals surface area contributed by atoms with E-state index in [1.807, 2.05) is 0 Å². The third-order valence-electron chi connectivity index (χ3n) is 21.0. The van der Waals surface area contributed by atoms with E-state index < -0.39 is 0 Å². The Morgan fingerprint density at radius 3 is 0.879 bits per heavy atom. The molecule has 14 aromatic rings. The molecule has 0 amide bonds. The molecule has 0 aliphatic carbocycles. The number of hydrogen-bond donors (Lipinski definition) is 0. The van der Waals surface area contributed by atoms with E-state index in [0.717, 1.165) is 30.2 Å². The van der Waals surface area contributed by atoms with Crippen LogP contribution in [0.15, 0.2) is 248 Å². The predicted octanol–water partition coefficient (Wildman–Crippen LogP) is 32.7. The maximum atomic E-state index is 3.85. The minimum atomic E-state index is 0.883. The number of hydrogen-bond acceptors (Lipinski definition) is 0. The number of aryl methyl sites for hydroxylation is 1. The summed E-state index contributed by atoms with van der Waals surface area (Å²) in [6.45, 7) is 4.64. The van der Waals surface area contributed by atoms with Gasteiger partial charge in [0.15, 0.2) is 0 Å². The first kappa shape index (κ1) is 71.2. The first-order valence-electron chi connectivity index (χ1n) is 37.0. The summed E-state index contributed by atoms with van der Waals surface area (Å²) in [6.07, 6.45) is 32.3. The van der Waals surface area contributed by atoms with Gasteiger partial charge in [0.1, 0.15) is 0 Å². The van der Waals surface area contributed by atoms with E-state index in [0.29, 0.717) is 0 Å². The zero-order valence-corrected chi connectivity index (χ0v) is 66.2. The summed E-state index contributed by atoms with van der Waals surface area (Å²) in [5.74, 6) is 0.883. The summed E-state index contributed by atoms with van der Waals surface area (Å²) in [5.41, 5.74) is 11.7. The minimum absolute atomic E-state index is 0.883. The molecule has 99 heavy (non-hydrogen) atoms. The quantitative estimate of drug-likeness (QED) is 0.0198. The molecule has 0 heterocycles. The van der Waals surface area contributed by atoms with Gasteiger partial charge in [0, 0.05) is 21.5 Å². The summed E-state index contributed by atoms with van der Waals surface area (Å²) in [5, 5.41) is 20.4. The zero-order valence-electron chi connectivity index (χ0n) is 57.7. The van der Waals surface area contributed by atoms with Crippen molar-refractivity contribution in [3.8, 4) is 44.5 Å². The van der Waals surface area contributed by atoms with Crippen LogP contribution < -0.4 is 0 Å². The lowest BCUT2D eigenvalue weighted by atomic mass is 9.82. The molecule has 5 heteroatoms. The van der Waals surface area contributed by atoms with Gasteiger partial charge in [-0.15, -0.1) is 0 Å². The van der Waals surface area contributed by atoms with E-state index in [1.54, 1.807) is 0 Å². The van der Waals surface area contributed by atoms with Crippen molar-refractivity contribution in [2.75, 3.05) is 0 Å². The fraction of sp³-hybridized carbons (Fsp3) is 0.277. The van der Waals surface area contributed by atoms with Crippen LogP contribution in [0.25, 0.3) is 131 Å². The van der Waals surface area contributed by atoms with E-state index >= 15 is 0 Å². The minimum Gasteiger partial charge on any atom is -0.0654 e. The Balaban J connectivity index is 0.000000201. The fourth-order valence-electron chi connectivity index (χ4n) is 16.0. The highest BCUT2D eigenvalue weighted by molar-refractivity contribution is 14.1. The van der Waals surface area contributed by atoms with E-state index in [4.69, 9.17) is 0 Å². The van der Waals surface area contributed by atoms with Gasteiger partial charge in [-0.05, 0) is 238 Å². The van der Waals surface area contributed by atoms with Crippen molar-refractivity contribution in [3.63, 3.8) is 0 Å². The van der Waals surface area contributed by atoms with Crippen molar-refractivity contribution in [2.24, 2.45) is 5.92 Å². The number of rotatable bonds is 28. The van der Waals surface area contributed by atoms with Crippen molar-refractivity contribution in [1.82, 2.24) is 0 Å². The van der Waals surface area contributed by atoms with Crippen LogP contribution >= 0.6 is 86.3 Å².